The molecule has 0 fully saturated rings. The number of hydrogen-bond donors (Lipinski definition) is 1. The maximum atomic E-state index is 15.2. The summed E-state index contributed by atoms with van der Waals surface area (Å²) in [7, 11) is 0. The van der Waals surface area contributed by atoms with Crippen LogP contribution in [0.2, 0.25) is 0 Å². The van der Waals surface area contributed by atoms with Crippen LogP contribution in [0.1, 0.15) is 32.8 Å². The Bertz CT molecular complexity index is 522. The Morgan fingerprint density at radius 3 is 2.78 bits per heavy atom. The van der Waals surface area contributed by atoms with Crippen molar-refractivity contribution in [2.45, 2.75) is 38.9 Å². The summed E-state index contributed by atoms with van der Waals surface area (Å²) in [4.78, 5) is 0. The second kappa shape index (κ2) is 5.11. The third-order valence-corrected chi connectivity index (χ3v) is 3.64. The molecule has 0 spiro atoms. The quantitative estimate of drug-likeness (QED) is 0.866. The van der Waals surface area contributed by atoms with Crippen molar-refractivity contribution in [2.75, 3.05) is 6.54 Å². The smallest absolute Gasteiger partial charge is 0.150 e. The maximum Gasteiger partial charge on any atom is 0.150 e. The second-order valence-corrected chi connectivity index (χ2v) is 4.67. The molecule has 0 amide bonds. The number of rotatable bonds is 5. The van der Waals surface area contributed by atoms with Gasteiger partial charge in [-0.15, -0.1) is 0 Å². The van der Waals surface area contributed by atoms with Gasteiger partial charge in [0.1, 0.15) is 5.58 Å². The molecule has 2 nitrogen and oxygen atoms in total. The first-order valence-electron chi connectivity index (χ1n) is 6.51. The molecule has 1 aromatic carbocycles. The molecule has 2 atom stereocenters. The van der Waals surface area contributed by atoms with Crippen LogP contribution in [-0.4, -0.2) is 12.6 Å². The Morgan fingerprint density at radius 1 is 1.33 bits per heavy atom. The molecule has 0 bridgehead atoms. The SMILES string of the molecule is CCNC(C)C(F)(CC)c1ccc2occc2c1. The van der Waals surface area contributed by atoms with Gasteiger partial charge in [-0.05, 0) is 43.7 Å². The van der Waals surface area contributed by atoms with E-state index in [9.17, 15) is 0 Å². The van der Waals surface area contributed by atoms with E-state index in [1.54, 1.807) is 6.26 Å². The summed E-state index contributed by atoms with van der Waals surface area (Å²) in [6.45, 7) is 6.53. The Morgan fingerprint density at radius 2 is 2.11 bits per heavy atom. The van der Waals surface area contributed by atoms with Gasteiger partial charge < -0.3 is 9.73 Å². The van der Waals surface area contributed by atoms with Crippen molar-refractivity contribution >= 4 is 11.0 Å². The lowest BCUT2D eigenvalue weighted by Gasteiger charge is -2.31. The summed E-state index contributed by atoms with van der Waals surface area (Å²) in [5, 5.41) is 4.13. The Balaban J connectivity index is 2.41. The van der Waals surface area contributed by atoms with Crippen molar-refractivity contribution in [3.05, 3.63) is 36.1 Å². The fourth-order valence-electron chi connectivity index (χ4n) is 2.45. The third-order valence-electron chi connectivity index (χ3n) is 3.64. The molecule has 2 aromatic rings. The van der Waals surface area contributed by atoms with Gasteiger partial charge in [-0.3, -0.25) is 0 Å². The van der Waals surface area contributed by atoms with Gasteiger partial charge >= 0.3 is 0 Å². The molecular weight excluding hydrogens is 229 g/mol. The highest BCUT2D eigenvalue weighted by Gasteiger charge is 2.36. The fourth-order valence-corrected chi connectivity index (χ4v) is 2.45. The van der Waals surface area contributed by atoms with Gasteiger partial charge in [-0.2, -0.15) is 0 Å². The van der Waals surface area contributed by atoms with E-state index in [0.29, 0.717) is 12.0 Å². The highest BCUT2D eigenvalue weighted by Crippen LogP contribution is 2.35. The molecule has 0 saturated heterocycles. The van der Waals surface area contributed by atoms with E-state index in [0.717, 1.165) is 17.5 Å². The van der Waals surface area contributed by atoms with E-state index < -0.39 is 5.67 Å². The lowest BCUT2D eigenvalue weighted by molar-refractivity contribution is 0.107. The summed E-state index contributed by atoms with van der Waals surface area (Å²) in [5.41, 5.74) is 0.169. The molecule has 3 heteroatoms. The minimum absolute atomic E-state index is 0.211. The highest BCUT2D eigenvalue weighted by atomic mass is 19.1. The molecule has 2 unspecified atom stereocenters. The lowest BCUT2D eigenvalue weighted by Crippen LogP contribution is -2.43. The number of likely N-dealkylation sites (N-methyl/N-ethyl adjacent to an activating group) is 1. The number of benzene rings is 1. The number of nitrogens with one attached hydrogen (secondary N) is 1. The van der Waals surface area contributed by atoms with E-state index >= 15 is 4.39 Å². The van der Waals surface area contributed by atoms with Crippen LogP contribution in [-0.2, 0) is 5.67 Å². The first-order valence-corrected chi connectivity index (χ1v) is 6.51. The van der Waals surface area contributed by atoms with Crippen LogP contribution in [0.5, 0.6) is 0 Å². The van der Waals surface area contributed by atoms with Gasteiger partial charge in [0.25, 0.3) is 0 Å². The van der Waals surface area contributed by atoms with Gasteiger partial charge in [0.05, 0.1) is 6.26 Å². The molecule has 1 heterocycles. The number of alkyl halides is 1. The molecule has 98 valence electrons. The molecular formula is C15H20FNO. The zero-order chi connectivity index (χ0) is 13.2. The summed E-state index contributed by atoms with van der Waals surface area (Å²) >= 11 is 0. The largest absolute Gasteiger partial charge is 0.464 e. The molecule has 0 aliphatic carbocycles. The zero-order valence-electron chi connectivity index (χ0n) is 11.2. The Labute approximate surface area is 107 Å². The van der Waals surface area contributed by atoms with Gasteiger partial charge in [0.2, 0.25) is 0 Å². The average Bonchev–Trinajstić information content (AvgIpc) is 2.85. The van der Waals surface area contributed by atoms with Gasteiger partial charge in [-0.25, -0.2) is 4.39 Å². The van der Waals surface area contributed by atoms with Crippen molar-refractivity contribution in [3.63, 3.8) is 0 Å². The number of hydrogen-bond acceptors (Lipinski definition) is 2. The van der Waals surface area contributed by atoms with Crippen LogP contribution in [0.4, 0.5) is 4.39 Å². The van der Waals surface area contributed by atoms with Crippen molar-refractivity contribution in [1.29, 1.82) is 0 Å². The molecule has 0 saturated carbocycles. The Kier molecular flexibility index (Phi) is 3.71. The molecule has 0 aliphatic rings. The van der Waals surface area contributed by atoms with Crippen LogP contribution in [0.25, 0.3) is 11.0 Å². The fraction of sp³-hybridized carbons (Fsp3) is 0.467. The van der Waals surface area contributed by atoms with E-state index in [2.05, 4.69) is 5.32 Å². The molecule has 0 radical (unpaired) electrons. The standard InChI is InChI=1S/C15H20FNO/c1-4-15(16,11(3)17-5-2)13-6-7-14-12(10-13)8-9-18-14/h6-11,17H,4-5H2,1-3H3. The van der Waals surface area contributed by atoms with Gasteiger partial charge in [0, 0.05) is 11.4 Å². The van der Waals surface area contributed by atoms with Gasteiger partial charge in [-0.1, -0.05) is 19.9 Å². The van der Waals surface area contributed by atoms with E-state index in [1.807, 2.05) is 45.0 Å². The van der Waals surface area contributed by atoms with Gasteiger partial charge in [0.15, 0.2) is 5.67 Å². The molecule has 1 N–H and O–H groups in total. The van der Waals surface area contributed by atoms with Crippen LogP contribution >= 0.6 is 0 Å². The summed E-state index contributed by atoms with van der Waals surface area (Å²) in [6, 6.07) is 7.20. The summed E-state index contributed by atoms with van der Waals surface area (Å²) < 4.78 is 20.5. The average molecular weight is 249 g/mol. The van der Waals surface area contributed by atoms with Crippen LogP contribution in [0.15, 0.2) is 34.9 Å². The van der Waals surface area contributed by atoms with Crippen molar-refractivity contribution in [2.24, 2.45) is 0 Å². The number of furan rings is 1. The maximum absolute atomic E-state index is 15.2. The monoisotopic (exact) mass is 249 g/mol. The van der Waals surface area contributed by atoms with Crippen molar-refractivity contribution in [3.8, 4) is 0 Å². The molecule has 2 rings (SSSR count). The second-order valence-electron chi connectivity index (χ2n) is 4.67. The van der Waals surface area contributed by atoms with E-state index in [-0.39, 0.29) is 6.04 Å². The lowest BCUT2D eigenvalue weighted by atomic mass is 9.86. The predicted molar refractivity (Wildman–Crippen MR) is 72.4 cm³/mol. The molecule has 1 aromatic heterocycles. The highest BCUT2D eigenvalue weighted by molar-refractivity contribution is 5.78. The van der Waals surface area contributed by atoms with Crippen molar-refractivity contribution in [1.82, 2.24) is 5.32 Å². The van der Waals surface area contributed by atoms with Crippen LogP contribution < -0.4 is 5.32 Å². The predicted octanol–water partition coefficient (Wildman–Crippen LogP) is 4.01. The number of halogens is 1. The van der Waals surface area contributed by atoms with E-state index in [4.69, 9.17) is 4.42 Å². The number of fused-ring (bicyclic) bond motifs is 1. The molecule has 18 heavy (non-hydrogen) atoms. The topological polar surface area (TPSA) is 25.2 Å². The first-order chi connectivity index (χ1) is 8.61. The van der Waals surface area contributed by atoms with E-state index in [1.165, 1.54) is 0 Å². The molecule has 0 aliphatic heterocycles. The summed E-state index contributed by atoms with van der Waals surface area (Å²) in [5.74, 6) is 0. The van der Waals surface area contributed by atoms with Crippen molar-refractivity contribution < 1.29 is 8.81 Å². The third kappa shape index (κ3) is 2.15. The first kappa shape index (κ1) is 13.1. The normalized spacial score (nSPS) is 16.7. The summed E-state index contributed by atoms with van der Waals surface area (Å²) in [6.07, 6.45) is 2.08. The minimum atomic E-state index is -1.35. The minimum Gasteiger partial charge on any atom is -0.464 e. The van der Waals surface area contributed by atoms with Crippen LogP contribution in [0, 0.1) is 0 Å². The Hall–Kier alpha value is -1.35. The van der Waals surface area contributed by atoms with Crippen LogP contribution in [0.3, 0.4) is 0 Å². The zero-order valence-corrected chi connectivity index (χ0v) is 11.2.